The number of sulfonamides is 1. The van der Waals surface area contributed by atoms with Crippen molar-refractivity contribution in [3.8, 4) is 5.75 Å². The molecule has 1 aliphatic carbocycles. The van der Waals surface area contributed by atoms with Gasteiger partial charge in [0.25, 0.3) is 15.9 Å². The summed E-state index contributed by atoms with van der Waals surface area (Å²) in [6.07, 6.45) is 8.20. The van der Waals surface area contributed by atoms with Crippen LogP contribution in [0.3, 0.4) is 0 Å². The van der Waals surface area contributed by atoms with E-state index < -0.39 is 21.5 Å². The number of hydrogen-bond acceptors (Lipinski definition) is 5. The number of rotatable bonds is 0. The van der Waals surface area contributed by atoms with Gasteiger partial charge in [-0.25, -0.2) is 13.1 Å². The monoisotopic (exact) mass is 350 g/mol. The first kappa shape index (κ1) is 17.0. The lowest BCUT2D eigenvalue weighted by atomic mass is 10.1. The van der Waals surface area contributed by atoms with E-state index in [-0.39, 0.29) is 16.6 Å². The number of ether oxygens (including phenoxy) is 1. The molecule has 3 N–H and O–H groups in total. The fourth-order valence-corrected chi connectivity index (χ4v) is 4.05. The summed E-state index contributed by atoms with van der Waals surface area (Å²) < 4.78 is 32.8. The average molecular weight is 350 g/mol. The molecule has 1 aromatic rings. The highest BCUT2D eigenvalue weighted by Gasteiger charge is 2.56. The van der Waals surface area contributed by atoms with E-state index in [0.717, 1.165) is 25.7 Å². The maximum atomic E-state index is 12.6. The third-order valence-electron chi connectivity index (χ3n) is 4.49. The second kappa shape index (κ2) is 6.57. The third-order valence-corrected chi connectivity index (χ3v) is 5.86. The van der Waals surface area contributed by atoms with Crippen LogP contribution in [-0.4, -0.2) is 26.5 Å². The van der Waals surface area contributed by atoms with Crippen molar-refractivity contribution in [3.63, 3.8) is 0 Å². The lowest BCUT2D eigenvalue weighted by Crippen LogP contribution is -2.46. The summed E-state index contributed by atoms with van der Waals surface area (Å²) in [5.41, 5.74) is 4.92. The van der Waals surface area contributed by atoms with Crippen molar-refractivity contribution in [2.75, 3.05) is 6.61 Å². The lowest BCUT2D eigenvalue weighted by molar-refractivity contribution is -0.121. The number of hydrogen-bond donors (Lipinski definition) is 2. The van der Waals surface area contributed by atoms with Gasteiger partial charge in [0.1, 0.15) is 16.2 Å². The molecule has 6 nitrogen and oxygen atoms in total. The highest BCUT2D eigenvalue weighted by Crippen LogP contribution is 2.42. The number of nitrogens with one attached hydrogen (secondary N) is 1. The van der Waals surface area contributed by atoms with Gasteiger partial charge in [0.05, 0.1) is 6.61 Å². The van der Waals surface area contributed by atoms with Crippen LogP contribution in [0.1, 0.15) is 32.1 Å². The number of allylic oxidation sites excluding steroid dienone is 1. The van der Waals surface area contributed by atoms with Gasteiger partial charge in [-0.05, 0) is 44.2 Å². The van der Waals surface area contributed by atoms with Crippen LogP contribution in [0.25, 0.3) is 0 Å². The molecule has 1 aromatic carbocycles. The van der Waals surface area contributed by atoms with Crippen LogP contribution < -0.4 is 15.2 Å². The second-order valence-electron chi connectivity index (χ2n) is 6.36. The fraction of sp³-hybridized carbons (Fsp3) is 0.471. The summed E-state index contributed by atoms with van der Waals surface area (Å²) in [6.45, 7) is 0.438. The predicted octanol–water partition coefficient (Wildman–Crippen LogP) is 1.72. The quantitative estimate of drug-likeness (QED) is 0.694. The maximum Gasteiger partial charge on any atom is 0.267 e. The summed E-state index contributed by atoms with van der Waals surface area (Å²) in [5.74, 6) is -0.518. The Morgan fingerprint density at radius 3 is 2.83 bits per heavy atom. The van der Waals surface area contributed by atoms with E-state index in [9.17, 15) is 13.2 Å². The van der Waals surface area contributed by atoms with Crippen molar-refractivity contribution in [3.05, 3.63) is 36.4 Å². The minimum Gasteiger partial charge on any atom is -0.492 e. The van der Waals surface area contributed by atoms with Gasteiger partial charge in [-0.15, -0.1) is 0 Å². The van der Waals surface area contributed by atoms with Crippen molar-refractivity contribution in [2.45, 2.75) is 42.5 Å². The van der Waals surface area contributed by atoms with Crippen molar-refractivity contribution < 1.29 is 17.9 Å². The molecule has 2 atom stereocenters. The normalized spacial score (nSPS) is 31.2. The minimum absolute atomic E-state index is 0.0374. The Hall–Kier alpha value is -1.86. The van der Waals surface area contributed by atoms with Gasteiger partial charge >= 0.3 is 0 Å². The molecule has 0 radical (unpaired) electrons. The Labute approximate surface area is 142 Å². The van der Waals surface area contributed by atoms with Crippen LogP contribution in [0.2, 0.25) is 0 Å². The first-order valence-corrected chi connectivity index (χ1v) is 9.66. The molecule has 1 amide bonds. The van der Waals surface area contributed by atoms with Crippen LogP contribution in [0, 0.1) is 5.92 Å². The molecule has 0 saturated heterocycles. The van der Waals surface area contributed by atoms with E-state index in [1.807, 2.05) is 12.2 Å². The largest absolute Gasteiger partial charge is 0.492 e. The molecule has 7 heteroatoms. The van der Waals surface area contributed by atoms with Gasteiger partial charge in [-0.2, -0.15) is 0 Å². The SMILES string of the molecule is N[C@]12C[C@@H]1/C=C/CCCCCOc1ccccc1S(=O)(=O)NC2=O. The van der Waals surface area contributed by atoms with Gasteiger partial charge in [-0.1, -0.05) is 24.3 Å². The number of carbonyl (C=O) groups is 1. The minimum atomic E-state index is -4.02. The number of fused-ring (bicyclic) bond motifs is 2. The van der Waals surface area contributed by atoms with Gasteiger partial charge in [0.15, 0.2) is 0 Å². The summed E-state index contributed by atoms with van der Waals surface area (Å²) >= 11 is 0. The molecule has 2 aliphatic rings. The van der Waals surface area contributed by atoms with E-state index in [4.69, 9.17) is 10.5 Å². The van der Waals surface area contributed by atoms with Crippen molar-refractivity contribution in [2.24, 2.45) is 11.7 Å². The smallest absolute Gasteiger partial charge is 0.267 e. The number of para-hydroxylation sites is 1. The first-order chi connectivity index (χ1) is 11.4. The van der Waals surface area contributed by atoms with E-state index in [0.29, 0.717) is 13.0 Å². The molecular formula is C17H22N2O4S. The number of amides is 1. The number of carbonyl (C=O) groups excluding carboxylic acids is 1. The van der Waals surface area contributed by atoms with Crippen molar-refractivity contribution in [1.82, 2.24) is 4.72 Å². The molecule has 3 rings (SSSR count). The highest BCUT2D eigenvalue weighted by molar-refractivity contribution is 7.90. The Morgan fingerprint density at radius 1 is 1.21 bits per heavy atom. The van der Waals surface area contributed by atoms with E-state index in [2.05, 4.69) is 4.72 Å². The summed E-state index contributed by atoms with van der Waals surface area (Å²) in [7, 11) is -4.02. The molecule has 1 fully saturated rings. The Morgan fingerprint density at radius 2 is 2.00 bits per heavy atom. The van der Waals surface area contributed by atoms with E-state index >= 15 is 0 Å². The molecular weight excluding hydrogens is 328 g/mol. The molecule has 0 spiro atoms. The topological polar surface area (TPSA) is 98.5 Å². The predicted molar refractivity (Wildman–Crippen MR) is 89.9 cm³/mol. The zero-order valence-corrected chi connectivity index (χ0v) is 14.2. The van der Waals surface area contributed by atoms with Crippen LogP contribution in [0.15, 0.2) is 41.3 Å². The van der Waals surface area contributed by atoms with Gasteiger partial charge in [0, 0.05) is 5.92 Å². The lowest BCUT2D eigenvalue weighted by Gasteiger charge is -2.15. The molecule has 130 valence electrons. The molecule has 0 aromatic heterocycles. The van der Waals surface area contributed by atoms with Crippen molar-refractivity contribution in [1.29, 1.82) is 0 Å². The Kier molecular flexibility index (Phi) is 4.64. The summed E-state index contributed by atoms with van der Waals surface area (Å²) in [6, 6.07) is 6.32. The molecule has 1 saturated carbocycles. The Bertz CT molecular complexity index is 760. The van der Waals surface area contributed by atoms with Gasteiger partial charge < -0.3 is 10.5 Å². The van der Waals surface area contributed by atoms with Crippen LogP contribution in [0.5, 0.6) is 5.75 Å². The molecule has 1 aliphatic heterocycles. The number of benzene rings is 1. The van der Waals surface area contributed by atoms with Gasteiger partial charge in [0.2, 0.25) is 0 Å². The van der Waals surface area contributed by atoms with Crippen LogP contribution in [0.4, 0.5) is 0 Å². The average Bonchev–Trinajstić information content (AvgIpc) is 3.21. The molecule has 0 bridgehead atoms. The Balaban J connectivity index is 1.89. The van der Waals surface area contributed by atoms with Gasteiger partial charge in [-0.3, -0.25) is 4.79 Å². The van der Waals surface area contributed by atoms with Crippen LogP contribution in [-0.2, 0) is 14.8 Å². The van der Waals surface area contributed by atoms with E-state index in [1.165, 1.54) is 6.07 Å². The summed E-state index contributed by atoms with van der Waals surface area (Å²) in [4.78, 5) is 12.3. The second-order valence-corrected chi connectivity index (χ2v) is 8.01. The standard InChI is InChI=1S/C17H22N2O4S/c18-17-12-13(17)8-4-2-1-3-7-11-23-14-9-5-6-10-15(14)24(21,22)19-16(17)20/h4-6,8-10,13H,1-3,7,11-12,18H2,(H,19,20)/b8-4+/t13-,17+/m0/s1. The van der Waals surface area contributed by atoms with Crippen molar-refractivity contribution >= 4 is 15.9 Å². The fourth-order valence-electron chi connectivity index (χ4n) is 2.85. The maximum absolute atomic E-state index is 12.6. The highest BCUT2D eigenvalue weighted by atomic mass is 32.2. The molecule has 0 unspecified atom stereocenters. The first-order valence-electron chi connectivity index (χ1n) is 8.18. The zero-order valence-electron chi connectivity index (χ0n) is 13.4. The molecule has 24 heavy (non-hydrogen) atoms. The van der Waals surface area contributed by atoms with Crippen LogP contribution >= 0.6 is 0 Å². The summed E-state index contributed by atoms with van der Waals surface area (Å²) in [5, 5.41) is 0. The third kappa shape index (κ3) is 3.47. The number of nitrogens with two attached hydrogens (primary N) is 1. The molecule has 1 heterocycles. The van der Waals surface area contributed by atoms with E-state index in [1.54, 1.807) is 18.2 Å². The zero-order chi connectivity index (χ0) is 17.2.